The number of amides is 1. The van der Waals surface area contributed by atoms with E-state index in [-0.39, 0.29) is 11.4 Å². The summed E-state index contributed by atoms with van der Waals surface area (Å²) in [6.45, 7) is -0.0749. The topological polar surface area (TPSA) is 66.5 Å². The molecular formula is C21H18Cl2N2O3S. The van der Waals surface area contributed by atoms with E-state index in [4.69, 9.17) is 23.2 Å². The number of carbonyl (C=O) groups excluding carboxylic acids is 1. The van der Waals surface area contributed by atoms with Crippen LogP contribution in [0.25, 0.3) is 0 Å². The van der Waals surface area contributed by atoms with Crippen molar-refractivity contribution in [2.45, 2.75) is 11.4 Å². The molecule has 0 saturated heterocycles. The number of sulfonamides is 1. The van der Waals surface area contributed by atoms with Gasteiger partial charge in [0.25, 0.3) is 10.0 Å². The molecule has 150 valence electrons. The normalized spacial score (nSPS) is 11.1. The third-order valence-corrected chi connectivity index (χ3v) is 6.43. The molecule has 0 spiro atoms. The van der Waals surface area contributed by atoms with Gasteiger partial charge in [-0.05, 0) is 54.1 Å². The Morgan fingerprint density at radius 2 is 1.38 bits per heavy atom. The van der Waals surface area contributed by atoms with Gasteiger partial charge in [0, 0.05) is 16.6 Å². The van der Waals surface area contributed by atoms with E-state index in [1.807, 2.05) is 30.3 Å². The van der Waals surface area contributed by atoms with E-state index < -0.39 is 15.9 Å². The number of benzene rings is 3. The Bertz CT molecular complexity index is 1070. The first-order valence-corrected chi connectivity index (χ1v) is 10.9. The zero-order valence-electron chi connectivity index (χ0n) is 15.3. The second kappa shape index (κ2) is 9.31. The van der Waals surface area contributed by atoms with Crippen molar-refractivity contribution in [1.82, 2.24) is 5.32 Å². The van der Waals surface area contributed by atoms with Crippen molar-refractivity contribution in [2.24, 2.45) is 0 Å². The van der Waals surface area contributed by atoms with Gasteiger partial charge in [0.1, 0.15) is 6.54 Å². The number of hydrogen-bond acceptors (Lipinski definition) is 3. The van der Waals surface area contributed by atoms with Crippen LogP contribution in [-0.2, 0) is 21.4 Å². The Kier molecular flexibility index (Phi) is 6.79. The summed E-state index contributed by atoms with van der Waals surface area (Å²) >= 11 is 11.8. The molecule has 0 fully saturated rings. The van der Waals surface area contributed by atoms with Gasteiger partial charge in [0.15, 0.2) is 0 Å². The molecule has 5 nitrogen and oxygen atoms in total. The monoisotopic (exact) mass is 448 g/mol. The van der Waals surface area contributed by atoms with Gasteiger partial charge in [0.2, 0.25) is 5.91 Å². The first-order valence-electron chi connectivity index (χ1n) is 8.71. The SMILES string of the molecule is O=C(CN(c1ccc(Cl)cc1)S(=O)(=O)c1ccc(Cl)cc1)NCc1ccccc1. The van der Waals surface area contributed by atoms with Gasteiger partial charge >= 0.3 is 0 Å². The van der Waals surface area contributed by atoms with E-state index in [9.17, 15) is 13.2 Å². The molecule has 0 heterocycles. The molecule has 0 aliphatic rings. The molecule has 0 atom stereocenters. The molecule has 0 saturated carbocycles. The van der Waals surface area contributed by atoms with E-state index >= 15 is 0 Å². The quantitative estimate of drug-likeness (QED) is 0.578. The Morgan fingerprint density at radius 3 is 1.97 bits per heavy atom. The first-order chi connectivity index (χ1) is 13.9. The average Bonchev–Trinajstić information content (AvgIpc) is 2.72. The minimum Gasteiger partial charge on any atom is -0.350 e. The standard InChI is InChI=1S/C21H18Cl2N2O3S/c22-17-6-10-19(11-7-17)25(29(27,28)20-12-8-18(23)9-13-20)15-21(26)24-14-16-4-2-1-3-5-16/h1-13H,14-15H2,(H,24,26). The van der Waals surface area contributed by atoms with Crippen molar-refractivity contribution in [3.8, 4) is 0 Å². The minimum atomic E-state index is -3.99. The van der Waals surface area contributed by atoms with Crippen LogP contribution in [0.15, 0.2) is 83.8 Å². The van der Waals surface area contributed by atoms with Crippen LogP contribution in [0, 0.1) is 0 Å². The first kappa shape index (κ1) is 21.2. The van der Waals surface area contributed by atoms with E-state index in [0.717, 1.165) is 9.87 Å². The molecule has 29 heavy (non-hydrogen) atoms. The molecule has 0 unspecified atom stereocenters. The maximum absolute atomic E-state index is 13.2. The molecule has 0 aliphatic heterocycles. The number of nitrogens with one attached hydrogen (secondary N) is 1. The summed E-state index contributed by atoms with van der Waals surface area (Å²) in [4.78, 5) is 12.6. The van der Waals surface area contributed by atoms with Gasteiger partial charge in [-0.2, -0.15) is 0 Å². The van der Waals surface area contributed by atoms with Crippen molar-refractivity contribution < 1.29 is 13.2 Å². The van der Waals surface area contributed by atoms with Crippen molar-refractivity contribution in [1.29, 1.82) is 0 Å². The molecule has 8 heteroatoms. The number of halogens is 2. The second-order valence-corrected chi connectivity index (χ2v) is 8.94. The zero-order chi connectivity index (χ0) is 20.9. The van der Waals surface area contributed by atoms with Crippen LogP contribution >= 0.6 is 23.2 Å². The van der Waals surface area contributed by atoms with Crippen molar-refractivity contribution in [3.63, 3.8) is 0 Å². The lowest BCUT2D eigenvalue weighted by atomic mass is 10.2. The zero-order valence-corrected chi connectivity index (χ0v) is 17.6. The largest absolute Gasteiger partial charge is 0.350 e. The van der Waals surface area contributed by atoms with Crippen LogP contribution in [0.2, 0.25) is 10.0 Å². The summed E-state index contributed by atoms with van der Waals surface area (Å²) in [6, 6.07) is 21.4. The highest BCUT2D eigenvalue weighted by Crippen LogP contribution is 2.26. The molecule has 3 rings (SSSR count). The molecule has 0 radical (unpaired) electrons. The predicted octanol–water partition coefficient (Wildman–Crippen LogP) is 4.51. The minimum absolute atomic E-state index is 0.0349. The number of carbonyl (C=O) groups is 1. The lowest BCUT2D eigenvalue weighted by molar-refractivity contribution is -0.119. The molecule has 1 N–H and O–H groups in total. The Morgan fingerprint density at radius 1 is 0.828 bits per heavy atom. The maximum Gasteiger partial charge on any atom is 0.264 e. The van der Waals surface area contributed by atoms with Crippen LogP contribution in [0.5, 0.6) is 0 Å². The van der Waals surface area contributed by atoms with Gasteiger partial charge in [-0.1, -0.05) is 53.5 Å². The molecule has 3 aromatic carbocycles. The Hall–Kier alpha value is -2.54. The van der Waals surface area contributed by atoms with Crippen LogP contribution in [-0.4, -0.2) is 20.9 Å². The predicted molar refractivity (Wildman–Crippen MR) is 116 cm³/mol. The van der Waals surface area contributed by atoms with Gasteiger partial charge in [-0.25, -0.2) is 8.42 Å². The molecule has 0 bridgehead atoms. The van der Waals surface area contributed by atoms with Crippen LogP contribution in [0.4, 0.5) is 5.69 Å². The van der Waals surface area contributed by atoms with Crippen LogP contribution < -0.4 is 9.62 Å². The summed E-state index contributed by atoms with van der Waals surface area (Å²) < 4.78 is 27.5. The van der Waals surface area contributed by atoms with Crippen molar-refractivity contribution in [2.75, 3.05) is 10.8 Å². The number of rotatable bonds is 7. The fourth-order valence-corrected chi connectivity index (χ4v) is 4.31. The Labute approximate surface area is 179 Å². The highest BCUT2D eigenvalue weighted by molar-refractivity contribution is 7.92. The molecule has 1 amide bonds. The third kappa shape index (κ3) is 5.50. The van der Waals surface area contributed by atoms with Crippen molar-refractivity contribution in [3.05, 3.63) is 94.5 Å². The Balaban J connectivity index is 1.86. The lowest BCUT2D eigenvalue weighted by Gasteiger charge is -2.24. The van der Waals surface area contributed by atoms with Crippen LogP contribution in [0.3, 0.4) is 0 Å². The second-order valence-electron chi connectivity index (χ2n) is 6.20. The fourth-order valence-electron chi connectivity index (χ4n) is 2.64. The highest BCUT2D eigenvalue weighted by Gasteiger charge is 2.27. The van der Waals surface area contributed by atoms with E-state index in [1.54, 1.807) is 24.3 Å². The summed E-state index contributed by atoms with van der Waals surface area (Å²) in [5.41, 5.74) is 1.25. The molecule has 0 aromatic heterocycles. The highest BCUT2D eigenvalue weighted by atomic mass is 35.5. The average molecular weight is 449 g/mol. The molecule has 0 aliphatic carbocycles. The van der Waals surface area contributed by atoms with Gasteiger partial charge < -0.3 is 5.32 Å². The van der Waals surface area contributed by atoms with E-state index in [0.29, 0.717) is 22.3 Å². The van der Waals surface area contributed by atoms with E-state index in [1.165, 1.54) is 24.3 Å². The third-order valence-electron chi connectivity index (χ3n) is 4.14. The number of anilines is 1. The number of hydrogen-bond donors (Lipinski definition) is 1. The van der Waals surface area contributed by atoms with E-state index in [2.05, 4.69) is 5.32 Å². The lowest BCUT2D eigenvalue weighted by Crippen LogP contribution is -2.40. The molecule has 3 aromatic rings. The van der Waals surface area contributed by atoms with Gasteiger partial charge in [-0.3, -0.25) is 9.10 Å². The summed E-state index contributed by atoms with van der Waals surface area (Å²) in [5.74, 6) is -0.429. The fraction of sp³-hybridized carbons (Fsp3) is 0.0952. The van der Waals surface area contributed by atoms with Gasteiger partial charge in [0.05, 0.1) is 10.6 Å². The number of nitrogens with zero attached hydrogens (tertiary/aromatic N) is 1. The summed E-state index contributed by atoms with van der Waals surface area (Å²) in [5, 5.41) is 3.63. The van der Waals surface area contributed by atoms with Gasteiger partial charge in [-0.15, -0.1) is 0 Å². The maximum atomic E-state index is 13.2. The van der Waals surface area contributed by atoms with Crippen molar-refractivity contribution >= 4 is 44.8 Å². The summed E-state index contributed by atoms with van der Waals surface area (Å²) in [7, 11) is -3.99. The molecular weight excluding hydrogens is 431 g/mol. The van der Waals surface area contributed by atoms with Crippen LogP contribution in [0.1, 0.15) is 5.56 Å². The summed E-state index contributed by atoms with van der Waals surface area (Å²) in [6.07, 6.45) is 0. The smallest absolute Gasteiger partial charge is 0.264 e.